The van der Waals surface area contributed by atoms with Crippen LogP contribution in [-0.4, -0.2) is 26.7 Å². The van der Waals surface area contributed by atoms with E-state index in [1.165, 1.54) is 13.8 Å². The summed E-state index contributed by atoms with van der Waals surface area (Å²) in [6.07, 6.45) is 0. The highest BCUT2D eigenvalue weighted by Gasteiger charge is 2.32. The first-order chi connectivity index (χ1) is 5.10. The maximum atomic E-state index is 11.2. The molecule has 0 saturated carbocycles. The molecular weight excluding hydrogens is 202 g/mol. The van der Waals surface area contributed by atoms with E-state index in [1.54, 1.807) is 0 Å². The molecule has 0 radical (unpaired) electrons. The fourth-order valence-corrected chi connectivity index (χ4v) is 3.50. The Morgan fingerprint density at radius 1 is 1.00 bits per heavy atom. The van der Waals surface area contributed by atoms with Crippen molar-refractivity contribution in [3.05, 3.63) is 0 Å². The summed E-state index contributed by atoms with van der Waals surface area (Å²) in [5, 5.41) is 3.97. The molecule has 0 aromatic carbocycles. The summed E-state index contributed by atoms with van der Waals surface area (Å²) in [5.41, 5.74) is 0. The Morgan fingerprint density at radius 2 is 1.33 bits per heavy atom. The lowest BCUT2D eigenvalue weighted by Crippen LogP contribution is -2.36. The van der Waals surface area contributed by atoms with E-state index in [9.17, 15) is 16.8 Å². The lowest BCUT2D eigenvalue weighted by Gasteiger charge is -2.12. The van der Waals surface area contributed by atoms with E-state index in [-0.39, 0.29) is 0 Å². The fraction of sp³-hybridized carbons (Fsp3) is 1.00. The maximum absolute atomic E-state index is 11.2. The van der Waals surface area contributed by atoms with Crippen LogP contribution in [0.5, 0.6) is 0 Å². The summed E-state index contributed by atoms with van der Waals surface area (Å²) in [6.45, 7) is 3.90. The van der Waals surface area contributed by atoms with Gasteiger partial charge in [-0.05, 0) is 20.8 Å². The first-order valence-corrected chi connectivity index (χ1v) is 6.56. The topological polar surface area (TPSA) is 94.3 Å². The normalized spacial score (nSPS) is 16.4. The van der Waals surface area contributed by atoms with Gasteiger partial charge in [-0.25, -0.2) is 22.0 Å². The van der Waals surface area contributed by atoms with Crippen LogP contribution in [0, 0.1) is 0 Å². The van der Waals surface area contributed by atoms with Crippen molar-refractivity contribution < 1.29 is 16.8 Å². The van der Waals surface area contributed by atoms with Crippen molar-refractivity contribution in [1.82, 2.24) is 0 Å². The van der Waals surface area contributed by atoms with Crippen molar-refractivity contribution >= 4 is 19.9 Å². The molecule has 1 atom stereocenters. The molecule has 1 unspecified atom stereocenters. The van der Waals surface area contributed by atoms with Gasteiger partial charge >= 0.3 is 0 Å². The highest BCUT2D eigenvalue weighted by atomic mass is 32.3. The maximum Gasteiger partial charge on any atom is 0.226 e. The molecule has 0 aromatic heterocycles. The fourth-order valence-electron chi connectivity index (χ4n) is 0.570. The zero-order valence-electron chi connectivity index (χ0n) is 7.18. The molecule has 0 aromatic rings. The molecule has 0 spiro atoms. The van der Waals surface area contributed by atoms with Crippen LogP contribution in [0.25, 0.3) is 0 Å². The molecule has 0 amide bonds. The minimum Gasteiger partial charge on any atom is -0.228 e. The van der Waals surface area contributed by atoms with Gasteiger partial charge in [0, 0.05) is 0 Å². The van der Waals surface area contributed by atoms with Crippen LogP contribution in [0.15, 0.2) is 0 Å². The van der Waals surface area contributed by atoms with Crippen LogP contribution in [0.1, 0.15) is 20.8 Å². The quantitative estimate of drug-likeness (QED) is 0.683. The molecule has 0 bridgehead atoms. The van der Waals surface area contributed by atoms with Gasteiger partial charge in [0.05, 0.1) is 5.25 Å². The number of nitrogens with two attached hydrogens (primary N) is 1. The zero-order valence-corrected chi connectivity index (χ0v) is 8.81. The molecule has 5 nitrogen and oxygen atoms in total. The standard InChI is InChI=1S/C5H13NO4S2/c1-4(2)11(7,8)5(3)12(6,9)10/h4-5H,1-3H3,(H2,6,9,10). The van der Waals surface area contributed by atoms with E-state index in [0.717, 1.165) is 6.92 Å². The number of hydrogen-bond acceptors (Lipinski definition) is 4. The third-order valence-corrected chi connectivity index (χ3v) is 6.36. The van der Waals surface area contributed by atoms with Crippen molar-refractivity contribution in [2.75, 3.05) is 0 Å². The summed E-state index contributed by atoms with van der Waals surface area (Å²) in [4.78, 5) is 0. The predicted molar refractivity (Wildman–Crippen MR) is 46.6 cm³/mol. The second-order valence-electron chi connectivity index (χ2n) is 2.79. The Labute approximate surface area is 72.9 Å². The molecule has 0 saturated heterocycles. The van der Waals surface area contributed by atoms with Crippen LogP contribution < -0.4 is 5.14 Å². The number of rotatable bonds is 3. The van der Waals surface area contributed by atoms with Crippen LogP contribution in [-0.2, 0) is 19.9 Å². The van der Waals surface area contributed by atoms with Crippen LogP contribution in [0.4, 0.5) is 0 Å². The largest absolute Gasteiger partial charge is 0.228 e. The Kier molecular flexibility index (Phi) is 3.27. The molecule has 2 N–H and O–H groups in total. The Hall–Kier alpha value is -0.140. The van der Waals surface area contributed by atoms with Crippen molar-refractivity contribution in [2.45, 2.75) is 30.6 Å². The van der Waals surface area contributed by atoms with Crippen molar-refractivity contribution in [1.29, 1.82) is 0 Å². The van der Waals surface area contributed by atoms with E-state index in [2.05, 4.69) is 0 Å². The van der Waals surface area contributed by atoms with Gasteiger partial charge in [-0.2, -0.15) is 0 Å². The van der Waals surface area contributed by atoms with Crippen molar-refractivity contribution in [3.8, 4) is 0 Å². The summed E-state index contributed by atoms with van der Waals surface area (Å²) >= 11 is 0. The van der Waals surface area contributed by atoms with E-state index in [0.29, 0.717) is 0 Å². The smallest absolute Gasteiger partial charge is 0.226 e. The molecule has 7 heteroatoms. The Bertz CT molecular complexity index is 340. The predicted octanol–water partition coefficient (Wildman–Crippen LogP) is -0.556. The van der Waals surface area contributed by atoms with Gasteiger partial charge in [-0.15, -0.1) is 0 Å². The molecule has 12 heavy (non-hydrogen) atoms. The molecule has 0 aliphatic carbocycles. The number of hydrogen-bond donors (Lipinski definition) is 1. The van der Waals surface area contributed by atoms with Gasteiger partial charge in [-0.3, -0.25) is 0 Å². The minimum absolute atomic E-state index is 0.731. The number of primary sulfonamides is 1. The highest BCUT2D eigenvalue weighted by molar-refractivity contribution is 8.08. The zero-order chi connectivity index (χ0) is 10.2. The van der Waals surface area contributed by atoms with Gasteiger partial charge < -0.3 is 0 Å². The molecule has 74 valence electrons. The first kappa shape index (κ1) is 11.9. The third-order valence-electron chi connectivity index (χ3n) is 1.58. The molecule has 0 aliphatic rings. The summed E-state index contributed by atoms with van der Waals surface area (Å²) in [6, 6.07) is 0. The van der Waals surface area contributed by atoms with Crippen LogP contribution in [0.2, 0.25) is 0 Å². The highest BCUT2D eigenvalue weighted by Crippen LogP contribution is 2.11. The molecule has 0 fully saturated rings. The Balaban J connectivity index is 5.12. The average Bonchev–Trinajstić information content (AvgIpc) is 1.83. The summed E-state index contributed by atoms with van der Waals surface area (Å²) < 4.78 is 42.3. The average molecular weight is 215 g/mol. The summed E-state index contributed by atoms with van der Waals surface area (Å²) in [5.74, 6) is 0. The molecule has 0 aliphatic heterocycles. The first-order valence-electron chi connectivity index (χ1n) is 3.34. The monoisotopic (exact) mass is 215 g/mol. The minimum atomic E-state index is -3.99. The van der Waals surface area contributed by atoms with Crippen molar-refractivity contribution in [3.63, 3.8) is 0 Å². The van der Waals surface area contributed by atoms with Gasteiger partial charge in [0.1, 0.15) is 0 Å². The van der Waals surface area contributed by atoms with Gasteiger partial charge in [0.15, 0.2) is 14.4 Å². The second kappa shape index (κ2) is 3.31. The van der Waals surface area contributed by atoms with Crippen LogP contribution >= 0.6 is 0 Å². The second-order valence-corrected chi connectivity index (χ2v) is 7.81. The van der Waals surface area contributed by atoms with E-state index in [4.69, 9.17) is 5.14 Å². The Morgan fingerprint density at radius 3 is 1.42 bits per heavy atom. The third kappa shape index (κ3) is 2.43. The van der Waals surface area contributed by atoms with Crippen molar-refractivity contribution in [2.24, 2.45) is 5.14 Å². The lowest BCUT2D eigenvalue weighted by molar-refractivity contribution is 0.573. The summed E-state index contributed by atoms with van der Waals surface area (Å²) in [7, 11) is -7.64. The SMILES string of the molecule is CC(C)S(=O)(=O)C(C)S(N)(=O)=O. The number of sulfone groups is 1. The van der Waals surface area contributed by atoms with Crippen LogP contribution in [0.3, 0.4) is 0 Å². The molecule has 0 heterocycles. The van der Waals surface area contributed by atoms with E-state index >= 15 is 0 Å². The lowest BCUT2D eigenvalue weighted by atomic mass is 10.6. The van der Waals surface area contributed by atoms with Gasteiger partial charge in [0.2, 0.25) is 10.0 Å². The van der Waals surface area contributed by atoms with E-state index < -0.39 is 29.7 Å². The number of sulfonamides is 1. The van der Waals surface area contributed by atoms with Gasteiger partial charge in [0.25, 0.3) is 0 Å². The van der Waals surface area contributed by atoms with Gasteiger partial charge in [-0.1, -0.05) is 0 Å². The molecule has 0 rings (SSSR count). The van der Waals surface area contributed by atoms with E-state index in [1.807, 2.05) is 0 Å². The molecular formula is C5H13NO4S2.